The largest absolute Gasteiger partial charge is 0.313 e. The van der Waals surface area contributed by atoms with Gasteiger partial charge in [-0.1, -0.05) is 0 Å². The van der Waals surface area contributed by atoms with Crippen molar-refractivity contribution in [2.45, 2.75) is 0 Å². The molecule has 2 rings (SSSR count). The summed E-state index contributed by atoms with van der Waals surface area (Å²) in [6, 6.07) is 0. The first-order valence-electron chi connectivity index (χ1n) is 3.06. The lowest BCUT2D eigenvalue weighted by Gasteiger charge is -1.93. The number of aromatic nitrogens is 4. The summed E-state index contributed by atoms with van der Waals surface area (Å²) in [4.78, 5) is 11.2. The van der Waals surface area contributed by atoms with Gasteiger partial charge in [-0.2, -0.15) is 0 Å². The van der Waals surface area contributed by atoms with Crippen LogP contribution in [0.4, 0.5) is 0 Å². The fourth-order valence-corrected chi connectivity index (χ4v) is 0.840. The average molecular weight is 149 g/mol. The van der Waals surface area contributed by atoms with Crippen molar-refractivity contribution in [3.05, 3.63) is 29.1 Å². The van der Waals surface area contributed by atoms with E-state index < -0.39 is 0 Å². The summed E-state index contributed by atoms with van der Waals surface area (Å²) in [5.41, 5.74) is 0.135. The first-order chi connectivity index (χ1) is 5.29. The third-order valence-electron chi connectivity index (χ3n) is 1.45. The molecule has 0 fully saturated rings. The van der Waals surface area contributed by atoms with E-state index in [0.717, 1.165) is 0 Å². The molecule has 0 aliphatic heterocycles. The number of rotatable bonds is 0. The molecule has 55 valence electrons. The van der Waals surface area contributed by atoms with Gasteiger partial charge in [0, 0.05) is 13.2 Å². The van der Waals surface area contributed by atoms with Crippen LogP contribution in [-0.4, -0.2) is 19.2 Å². The van der Waals surface area contributed by atoms with E-state index in [1.54, 1.807) is 13.2 Å². The second-order valence-corrected chi connectivity index (χ2v) is 2.20. The highest BCUT2D eigenvalue weighted by Gasteiger charge is 2.00. The smallest absolute Gasteiger partial charge is 0.295 e. The maximum absolute atomic E-state index is 11.2. The Morgan fingerprint density at radius 3 is 3.27 bits per heavy atom. The zero-order valence-corrected chi connectivity index (χ0v) is 5.85. The average Bonchev–Trinajstić information content (AvgIpc) is 2.45. The van der Waals surface area contributed by atoms with Gasteiger partial charge < -0.3 is 4.57 Å². The van der Waals surface area contributed by atoms with Crippen molar-refractivity contribution < 1.29 is 0 Å². The number of hydrogen-bond acceptors (Lipinski definition) is 3. The molecule has 5 heteroatoms. The highest BCUT2D eigenvalue weighted by molar-refractivity contribution is 5.31. The number of hydrogen-bond donors (Lipinski definition) is 0. The maximum Gasteiger partial charge on any atom is 0.295 e. The fourth-order valence-electron chi connectivity index (χ4n) is 0.840. The van der Waals surface area contributed by atoms with Gasteiger partial charge in [-0.3, -0.25) is 9.20 Å². The van der Waals surface area contributed by atoms with Crippen LogP contribution < -0.4 is 5.56 Å². The van der Waals surface area contributed by atoms with Gasteiger partial charge in [0.15, 0.2) is 0 Å². The van der Waals surface area contributed by atoms with Gasteiger partial charge in [0.2, 0.25) is 5.65 Å². The molecular weight excluding hydrogens is 144 g/mol. The molecule has 0 aromatic carbocycles. The third-order valence-corrected chi connectivity index (χ3v) is 1.45. The molecule has 0 atom stereocenters. The number of nitrogens with zero attached hydrogens (tertiary/aromatic N) is 4. The minimum atomic E-state index is -0.166. The molecule has 2 heterocycles. The summed E-state index contributed by atoms with van der Waals surface area (Å²) < 4.78 is 2.87. The summed E-state index contributed by atoms with van der Waals surface area (Å²) >= 11 is 0. The van der Waals surface area contributed by atoms with E-state index in [-0.39, 0.29) is 5.56 Å². The van der Waals surface area contributed by atoms with E-state index in [9.17, 15) is 4.79 Å². The van der Waals surface area contributed by atoms with Crippen molar-refractivity contribution in [1.29, 1.82) is 0 Å². The molecule has 0 bridgehead atoms. The third kappa shape index (κ3) is 0.739. The van der Waals surface area contributed by atoms with Crippen molar-refractivity contribution in [2.75, 3.05) is 0 Å². The summed E-state index contributed by atoms with van der Waals surface area (Å²) in [7, 11) is 1.65. The molecular formula is C6H5N4O. The molecule has 0 N–H and O–H groups in total. The minimum absolute atomic E-state index is 0.166. The molecule has 0 spiro atoms. The highest BCUT2D eigenvalue weighted by atomic mass is 16.1. The Balaban J connectivity index is 3.05. The standard InChI is InChI=1S/C6H5N4O/c1-9-2-3-10-4-7-8-5(10)6(9)11/h2,4H,1H3. The number of aryl methyl sites for hydroxylation is 1. The molecule has 2 aromatic rings. The second-order valence-electron chi connectivity index (χ2n) is 2.20. The molecule has 11 heavy (non-hydrogen) atoms. The SMILES string of the molecule is Cn1c[c]n2cnnc2c1=O. The normalized spacial score (nSPS) is 10.6. The molecule has 0 saturated carbocycles. The predicted molar refractivity (Wildman–Crippen MR) is 37.1 cm³/mol. The van der Waals surface area contributed by atoms with E-state index in [2.05, 4.69) is 16.4 Å². The van der Waals surface area contributed by atoms with Gasteiger partial charge in [-0.15, -0.1) is 10.2 Å². The van der Waals surface area contributed by atoms with Crippen molar-refractivity contribution in [1.82, 2.24) is 19.2 Å². The van der Waals surface area contributed by atoms with Gasteiger partial charge in [-0.25, -0.2) is 0 Å². The summed E-state index contributed by atoms with van der Waals surface area (Å²) in [6.45, 7) is 0. The molecule has 0 aliphatic rings. The number of fused-ring (bicyclic) bond motifs is 1. The van der Waals surface area contributed by atoms with E-state index >= 15 is 0 Å². The van der Waals surface area contributed by atoms with Crippen LogP contribution in [0.15, 0.2) is 17.3 Å². The summed E-state index contributed by atoms with van der Waals surface area (Å²) in [5, 5.41) is 7.20. The van der Waals surface area contributed by atoms with Gasteiger partial charge in [0.25, 0.3) is 5.56 Å². The van der Waals surface area contributed by atoms with E-state index in [4.69, 9.17) is 0 Å². The van der Waals surface area contributed by atoms with Crippen LogP contribution in [-0.2, 0) is 7.05 Å². The van der Waals surface area contributed by atoms with Crippen molar-refractivity contribution in [2.24, 2.45) is 7.05 Å². The fraction of sp³-hybridized carbons (Fsp3) is 0.167. The lowest BCUT2D eigenvalue weighted by atomic mass is 10.6. The van der Waals surface area contributed by atoms with Crippen LogP contribution in [0.3, 0.4) is 0 Å². The van der Waals surface area contributed by atoms with Gasteiger partial charge in [-0.05, 0) is 0 Å². The van der Waals surface area contributed by atoms with Crippen LogP contribution in [0.2, 0.25) is 0 Å². The Bertz CT molecular complexity index is 441. The lowest BCUT2D eigenvalue weighted by Crippen LogP contribution is -2.18. The zero-order valence-electron chi connectivity index (χ0n) is 5.85. The Hall–Kier alpha value is -1.65. The van der Waals surface area contributed by atoms with Crippen LogP contribution in [0, 0.1) is 6.20 Å². The van der Waals surface area contributed by atoms with Gasteiger partial charge in [0.05, 0.1) is 6.20 Å². The predicted octanol–water partition coefficient (Wildman–Crippen LogP) is -0.772. The zero-order chi connectivity index (χ0) is 7.84. The van der Waals surface area contributed by atoms with Crippen LogP contribution >= 0.6 is 0 Å². The first-order valence-corrected chi connectivity index (χ1v) is 3.06. The topological polar surface area (TPSA) is 52.2 Å². The monoisotopic (exact) mass is 149 g/mol. The highest BCUT2D eigenvalue weighted by Crippen LogP contribution is 1.86. The first kappa shape index (κ1) is 6.09. The second kappa shape index (κ2) is 1.91. The minimum Gasteiger partial charge on any atom is -0.313 e. The van der Waals surface area contributed by atoms with Crippen LogP contribution in [0.25, 0.3) is 5.65 Å². The van der Waals surface area contributed by atoms with Crippen molar-refractivity contribution >= 4 is 5.65 Å². The summed E-state index contributed by atoms with van der Waals surface area (Å²) in [5.74, 6) is 0. The molecule has 0 saturated heterocycles. The Kier molecular flexibility index (Phi) is 1.06. The molecule has 5 nitrogen and oxygen atoms in total. The van der Waals surface area contributed by atoms with Gasteiger partial charge in [0.1, 0.15) is 6.33 Å². The Labute approximate surface area is 61.9 Å². The van der Waals surface area contributed by atoms with Crippen molar-refractivity contribution in [3.63, 3.8) is 0 Å². The molecule has 0 amide bonds. The molecule has 0 unspecified atom stereocenters. The molecule has 1 radical (unpaired) electrons. The van der Waals surface area contributed by atoms with Crippen LogP contribution in [0.1, 0.15) is 0 Å². The Morgan fingerprint density at radius 2 is 2.45 bits per heavy atom. The Morgan fingerprint density at radius 1 is 1.64 bits per heavy atom. The maximum atomic E-state index is 11.2. The van der Waals surface area contributed by atoms with Gasteiger partial charge >= 0.3 is 0 Å². The van der Waals surface area contributed by atoms with E-state index in [0.29, 0.717) is 5.65 Å². The van der Waals surface area contributed by atoms with E-state index in [1.165, 1.54) is 15.3 Å². The van der Waals surface area contributed by atoms with Crippen LogP contribution in [0.5, 0.6) is 0 Å². The van der Waals surface area contributed by atoms with Crippen molar-refractivity contribution in [3.8, 4) is 0 Å². The molecule has 0 aliphatic carbocycles. The van der Waals surface area contributed by atoms with E-state index in [1.807, 2.05) is 0 Å². The lowest BCUT2D eigenvalue weighted by molar-refractivity contribution is 0.838. The summed E-state index contributed by atoms with van der Waals surface area (Å²) in [6.07, 6.45) is 5.78. The molecule has 2 aromatic heterocycles. The quantitative estimate of drug-likeness (QED) is 0.494.